The molecular weight excluding hydrogens is 339 g/mol. The van der Waals surface area contributed by atoms with Crippen LogP contribution in [0.1, 0.15) is 20.8 Å². The molecule has 3 rings (SSSR count). The van der Waals surface area contributed by atoms with Crippen LogP contribution in [0.15, 0.2) is 72.1 Å². The van der Waals surface area contributed by atoms with Crippen LogP contribution in [0.4, 0.5) is 4.39 Å². The Morgan fingerprint density at radius 3 is 2.16 bits per heavy atom. The number of rotatable bonds is 5. The van der Waals surface area contributed by atoms with Crippen LogP contribution in [0.3, 0.4) is 0 Å². The molecule has 124 valence electrons. The molecule has 0 saturated heterocycles. The maximum absolute atomic E-state index is 12.9. The van der Waals surface area contributed by atoms with Crippen LogP contribution >= 0.6 is 11.3 Å². The average molecular weight is 352 g/mol. The summed E-state index contributed by atoms with van der Waals surface area (Å²) in [6.07, 6.45) is 3.03. The van der Waals surface area contributed by atoms with Crippen LogP contribution in [0, 0.1) is 5.82 Å². The molecule has 0 aliphatic heterocycles. The maximum Gasteiger partial charge on any atom is 0.336 e. The molecule has 25 heavy (non-hydrogen) atoms. The molecule has 0 fully saturated rings. The molecule has 0 spiro atoms. The lowest BCUT2D eigenvalue weighted by Gasteiger charge is -2.04. The first-order valence-corrected chi connectivity index (χ1v) is 8.33. The zero-order valence-corrected chi connectivity index (χ0v) is 13.8. The first kappa shape index (κ1) is 16.8. The molecule has 0 N–H and O–H groups in total. The van der Waals surface area contributed by atoms with Gasteiger partial charge in [0.05, 0.1) is 0 Å². The summed E-state index contributed by atoms with van der Waals surface area (Å²) in [7, 11) is 0. The van der Waals surface area contributed by atoms with Gasteiger partial charge in [-0.1, -0.05) is 6.07 Å². The molecule has 0 saturated carbocycles. The second-order valence-electron chi connectivity index (χ2n) is 5.13. The summed E-state index contributed by atoms with van der Waals surface area (Å²) in [4.78, 5) is 25.0. The van der Waals surface area contributed by atoms with Gasteiger partial charge in [0, 0.05) is 22.1 Å². The van der Waals surface area contributed by atoms with Crippen molar-refractivity contribution in [2.45, 2.75) is 0 Å². The highest BCUT2D eigenvalue weighted by Crippen LogP contribution is 2.17. The fraction of sp³-hybridized carbons (Fsp3) is 0. The number of carbonyl (C=O) groups is 2. The Bertz CT molecular complexity index is 895. The van der Waals surface area contributed by atoms with E-state index < -0.39 is 11.8 Å². The molecule has 3 nitrogen and oxygen atoms in total. The maximum atomic E-state index is 12.9. The Balaban J connectivity index is 1.64. The van der Waals surface area contributed by atoms with Gasteiger partial charge < -0.3 is 4.74 Å². The Kier molecular flexibility index (Phi) is 5.16. The number of hydrogen-bond donors (Lipinski definition) is 0. The second-order valence-corrected chi connectivity index (χ2v) is 6.11. The highest BCUT2D eigenvalue weighted by molar-refractivity contribution is 7.10. The van der Waals surface area contributed by atoms with Crippen molar-refractivity contribution in [2.75, 3.05) is 0 Å². The number of benzene rings is 2. The van der Waals surface area contributed by atoms with Gasteiger partial charge in [0.25, 0.3) is 0 Å². The molecule has 0 atom stereocenters. The fourth-order valence-electron chi connectivity index (χ4n) is 2.13. The summed E-state index contributed by atoms with van der Waals surface area (Å²) in [6.45, 7) is 0. The Hall–Kier alpha value is -3.05. The number of esters is 1. The molecule has 3 aromatic rings. The summed E-state index contributed by atoms with van der Waals surface area (Å²) >= 11 is 1.52. The molecule has 0 radical (unpaired) electrons. The highest BCUT2D eigenvalue weighted by Gasteiger charge is 2.10. The summed E-state index contributed by atoms with van der Waals surface area (Å²) in [5.74, 6) is -0.771. The molecule has 2 aromatic carbocycles. The minimum atomic E-state index is -0.494. The summed E-state index contributed by atoms with van der Waals surface area (Å²) in [5, 5.41) is 1.92. The van der Waals surface area contributed by atoms with Gasteiger partial charge in [-0.05, 0) is 66.1 Å². The van der Waals surface area contributed by atoms with Gasteiger partial charge in [-0.25, -0.2) is 9.18 Å². The van der Waals surface area contributed by atoms with Crippen LogP contribution in [-0.4, -0.2) is 11.8 Å². The summed E-state index contributed by atoms with van der Waals surface area (Å²) in [5.41, 5.74) is 0.825. The van der Waals surface area contributed by atoms with Gasteiger partial charge in [-0.15, -0.1) is 11.3 Å². The number of ketones is 1. The largest absolute Gasteiger partial charge is 0.423 e. The van der Waals surface area contributed by atoms with Gasteiger partial charge >= 0.3 is 5.97 Å². The molecule has 0 unspecified atom stereocenters. The van der Waals surface area contributed by atoms with Crippen LogP contribution in [0.25, 0.3) is 6.08 Å². The van der Waals surface area contributed by atoms with E-state index in [2.05, 4.69) is 0 Å². The SMILES string of the molecule is O=C(/C=C/c1cccs1)Oc1ccc(C(=O)c2ccc(F)cc2)cc1. The third-order valence-corrected chi connectivity index (χ3v) is 4.21. The topological polar surface area (TPSA) is 43.4 Å². The summed E-state index contributed by atoms with van der Waals surface area (Å²) in [6, 6.07) is 15.4. The van der Waals surface area contributed by atoms with E-state index in [1.165, 1.54) is 41.7 Å². The molecule has 1 heterocycles. The van der Waals surface area contributed by atoms with E-state index in [4.69, 9.17) is 4.74 Å². The van der Waals surface area contributed by atoms with Crippen molar-refractivity contribution in [2.24, 2.45) is 0 Å². The van der Waals surface area contributed by atoms with Crippen molar-refractivity contribution in [1.29, 1.82) is 0 Å². The molecular formula is C20H13FO3S. The van der Waals surface area contributed by atoms with Crippen molar-refractivity contribution in [3.8, 4) is 5.75 Å². The molecule has 0 bridgehead atoms. The number of carbonyl (C=O) groups excluding carboxylic acids is 2. The van der Waals surface area contributed by atoms with Crippen LogP contribution in [0.5, 0.6) is 5.75 Å². The molecule has 0 aliphatic carbocycles. The van der Waals surface area contributed by atoms with E-state index >= 15 is 0 Å². The zero-order chi connectivity index (χ0) is 17.6. The van der Waals surface area contributed by atoms with Gasteiger partial charge in [-0.3, -0.25) is 4.79 Å². The summed E-state index contributed by atoms with van der Waals surface area (Å²) < 4.78 is 18.1. The lowest BCUT2D eigenvalue weighted by molar-refractivity contribution is -0.128. The van der Waals surface area contributed by atoms with Crippen LogP contribution in [-0.2, 0) is 4.79 Å². The van der Waals surface area contributed by atoms with Crippen molar-refractivity contribution >= 4 is 29.2 Å². The minimum Gasteiger partial charge on any atom is -0.423 e. The van der Waals surface area contributed by atoms with Crippen molar-refractivity contribution in [3.05, 3.63) is 93.9 Å². The number of halogens is 1. The first-order chi connectivity index (χ1) is 12.1. The Labute approximate surface area is 148 Å². The second kappa shape index (κ2) is 7.68. The zero-order valence-electron chi connectivity index (χ0n) is 13.0. The lowest BCUT2D eigenvalue weighted by atomic mass is 10.0. The van der Waals surface area contributed by atoms with Gasteiger partial charge in [-0.2, -0.15) is 0 Å². The van der Waals surface area contributed by atoms with Crippen LogP contribution in [0.2, 0.25) is 0 Å². The van der Waals surface area contributed by atoms with E-state index in [0.29, 0.717) is 16.9 Å². The van der Waals surface area contributed by atoms with E-state index in [1.54, 1.807) is 30.3 Å². The minimum absolute atomic E-state index is 0.226. The number of hydrogen-bond acceptors (Lipinski definition) is 4. The average Bonchev–Trinajstić information content (AvgIpc) is 3.14. The number of thiophene rings is 1. The van der Waals surface area contributed by atoms with Gasteiger partial charge in [0.2, 0.25) is 0 Å². The van der Waals surface area contributed by atoms with Crippen LogP contribution < -0.4 is 4.74 Å². The third-order valence-electron chi connectivity index (χ3n) is 3.37. The Morgan fingerprint density at radius 1 is 0.920 bits per heavy atom. The third kappa shape index (κ3) is 4.49. The van der Waals surface area contributed by atoms with Crippen molar-refractivity contribution in [3.63, 3.8) is 0 Å². The molecule has 0 amide bonds. The lowest BCUT2D eigenvalue weighted by Crippen LogP contribution is -2.05. The van der Waals surface area contributed by atoms with E-state index in [-0.39, 0.29) is 5.78 Å². The molecule has 0 aliphatic rings. The standard InChI is InChI=1S/C20H13FO3S/c21-16-7-3-14(4-8-16)20(23)15-5-9-17(10-6-15)24-19(22)12-11-18-2-1-13-25-18/h1-13H/b12-11+. The van der Waals surface area contributed by atoms with Gasteiger partial charge in [0.15, 0.2) is 5.78 Å². The smallest absolute Gasteiger partial charge is 0.336 e. The van der Waals surface area contributed by atoms with Crippen molar-refractivity contribution < 1.29 is 18.7 Å². The normalized spacial score (nSPS) is 10.8. The van der Waals surface area contributed by atoms with Crippen molar-refractivity contribution in [1.82, 2.24) is 0 Å². The number of ether oxygens (including phenoxy) is 1. The van der Waals surface area contributed by atoms with E-state index in [0.717, 1.165) is 4.88 Å². The molecule has 5 heteroatoms. The van der Waals surface area contributed by atoms with Gasteiger partial charge in [0.1, 0.15) is 11.6 Å². The monoisotopic (exact) mass is 352 g/mol. The molecule has 1 aromatic heterocycles. The first-order valence-electron chi connectivity index (χ1n) is 7.45. The fourth-order valence-corrected chi connectivity index (χ4v) is 2.75. The highest BCUT2D eigenvalue weighted by atomic mass is 32.1. The Morgan fingerprint density at radius 2 is 1.56 bits per heavy atom. The van der Waals surface area contributed by atoms with E-state index in [1.807, 2.05) is 17.5 Å². The predicted molar refractivity (Wildman–Crippen MR) is 95.3 cm³/mol. The van der Waals surface area contributed by atoms with E-state index in [9.17, 15) is 14.0 Å². The predicted octanol–water partition coefficient (Wildman–Crippen LogP) is 4.74. The quantitative estimate of drug-likeness (QED) is 0.288.